The van der Waals surface area contributed by atoms with Crippen molar-refractivity contribution in [1.82, 2.24) is 9.97 Å². The molecule has 8 heavy (non-hydrogen) atoms. The summed E-state index contributed by atoms with van der Waals surface area (Å²) in [4.78, 5) is 6.14. The van der Waals surface area contributed by atoms with Crippen LogP contribution in [0.4, 0.5) is 8.78 Å². The molecule has 42 valence electrons. The van der Waals surface area contributed by atoms with Gasteiger partial charge in [0.1, 0.15) is 6.33 Å². The predicted molar refractivity (Wildman–Crippen MR) is 21.9 cm³/mol. The Kier molecular flexibility index (Phi) is 1.15. The highest BCUT2D eigenvalue weighted by molar-refractivity contribution is 4.84. The molecule has 0 aliphatic rings. The first-order valence-corrected chi connectivity index (χ1v) is 1.91. The molecule has 0 unspecified atom stereocenters. The monoisotopic (exact) mass is 116 g/mol. The topological polar surface area (TPSA) is 25.8 Å². The lowest BCUT2D eigenvalue weighted by atomic mass is 10.6. The van der Waals surface area contributed by atoms with E-state index < -0.39 is 11.8 Å². The van der Waals surface area contributed by atoms with Crippen molar-refractivity contribution in [2.45, 2.75) is 0 Å². The molecule has 1 rings (SSSR count). The Morgan fingerprint density at radius 3 is 2.50 bits per heavy atom. The zero-order chi connectivity index (χ0) is 5.98. The summed E-state index contributed by atoms with van der Waals surface area (Å²) in [5.74, 6) is -2.13. The van der Waals surface area contributed by atoms with Crippen molar-refractivity contribution in [2.24, 2.45) is 0 Å². The van der Waals surface area contributed by atoms with E-state index in [2.05, 4.69) is 9.97 Å². The number of aromatic nitrogens is 2. The summed E-state index contributed by atoms with van der Waals surface area (Å²) >= 11 is 0. The molecule has 0 N–H and O–H groups in total. The molecule has 0 saturated heterocycles. The molecule has 0 radical (unpaired) electrons. The van der Waals surface area contributed by atoms with Crippen molar-refractivity contribution in [1.29, 1.82) is 0 Å². The summed E-state index contributed by atoms with van der Waals surface area (Å²) in [6, 6.07) is 0. The third kappa shape index (κ3) is 0.776. The van der Waals surface area contributed by atoms with Gasteiger partial charge in [0.15, 0.2) is 5.82 Å². The number of halogens is 2. The molecule has 1 heterocycles. The molecule has 2 nitrogen and oxygen atoms in total. The number of hydrogen-bond acceptors (Lipinski definition) is 2. The highest BCUT2D eigenvalue weighted by Crippen LogP contribution is 1.94. The Morgan fingerprint density at radius 1 is 1.38 bits per heavy atom. The summed E-state index contributed by atoms with van der Waals surface area (Å²) in [6.45, 7) is 0. The Labute approximate surface area is 44.2 Å². The van der Waals surface area contributed by atoms with Crippen molar-refractivity contribution < 1.29 is 8.78 Å². The van der Waals surface area contributed by atoms with Crippen LogP contribution in [0.3, 0.4) is 0 Å². The first-order valence-electron chi connectivity index (χ1n) is 1.91. The van der Waals surface area contributed by atoms with Gasteiger partial charge in [-0.3, -0.25) is 0 Å². The van der Waals surface area contributed by atoms with E-state index in [1.54, 1.807) is 0 Å². The van der Waals surface area contributed by atoms with Gasteiger partial charge in [-0.15, -0.1) is 0 Å². The zero-order valence-electron chi connectivity index (χ0n) is 3.81. The summed E-state index contributed by atoms with van der Waals surface area (Å²) < 4.78 is 23.6. The molecule has 0 aromatic carbocycles. The molecule has 0 atom stereocenters. The molecule has 0 spiro atoms. The Bertz CT molecular complexity index is 168. The molecule has 1 aromatic rings. The fraction of sp³-hybridized carbons (Fsp3) is 0. The minimum atomic E-state index is -1.11. The van der Waals surface area contributed by atoms with Gasteiger partial charge in [0.25, 0.3) is 5.95 Å². The number of hydrogen-bond donors (Lipinski definition) is 0. The molecule has 0 aliphatic heterocycles. The van der Waals surface area contributed by atoms with E-state index in [0.717, 1.165) is 12.5 Å². The lowest BCUT2D eigenvalue weighted by molar-refractivity contribution is 0.473. The van der Waals surface area contributed by atoms with Crippen LogP contribution in [0.25, 0.3) is 0 Å². The second-order valence-electron chi connectivity index (χ2n) is 1.16. The molecule has 0 saturated carbocycles. The Hall–Kier alpha value is -1.06. The molecule has 0 fully saturated rings. The van der Waals surface area contributed by atoms with E-state index in [9.17, 15) is 8.78 Å². The van der Waals surface area contributed by atoms with E-state index >= 15 is 0 Å². The van der Waals surface area contributed by atoms with E-state index in [1.165, 1.54) is 0 Å². The maximum absolute atomic E-state index is 11.8. The average molecular weight is 116 g/mol. The minimum absolute atomic E-state index is 0.766. The van der Waals surface area contributed by atoms with Crippen LogP contribution in [-0.4, -0.2) is 9.97 Å². The lowest BCUT2D eigenvalue weighted by Gasteiger charge is -1.83. The Balaban J connectivity index is 3.13. The average Bonchev–Trinajstić information content (AvgIpc) is 1.77. The van der Waals surface area contributed by atoms with Gasteiger partial charge < -0.3 is 0 Å². The van der Waals surface area contributed by atoms with Crippen molar-refractivity contribution in [2.75, 3.05) is 0 Å². The molecule has 0 bridgehead atoms. The standard InChI is InChI=1S/C4H2F2N2/c5-3-1-7-2-8-4(3)6/h1-2H. The summed E-state index contributed by atoms with van der Waals surface area (Å²) in [5.41, 5.74) is 0. The van der Waals surface area contributed by atoms with Gasteiger partial charge in [-0.1, -0.05) is 0 Å². The maximum atomic E-state index is 11.8. The Morgan fingerprint density at radius 2 is 2.12 bits per heavy atom. The van der Waals surface area contributed by atoms with Crippen LogP contribution in [0.5, 0.6) is 0 Å². The quantitative estimate of drug-likeness (QED) is 0.467. The molecule has 0 aliphatic carbocycles. The fourth-order valence-corrected chi connectivity index (χ4v) is 0.298. The molecule has 0 amide bonds. The molecule has 4 heteroatoms. The van der Waals surface area contributed by atoms with E-state index in [1.807, 2.05) is 0 Å². The second-order valence-corrected chi connectivity index (χ2v) is 1.16. The van der Waals surface area contributed by atoms with E-state index in [4.69, 9.17) is 0 Å². The number of rotatable bonds is 0. The summed E-state index contributed by atoms with van der Waals surface area (Å²) in [7, 11) is 0. The third-order valence-corrected chi connectivity index (χ3v) is 0.623. The van der Waals surface area contributed by atoms with E-state index in [-0.39, 0.29) is 0 Å². The molecular weight excluding hydrogens is 114 g/mol. The highest BCUT2D eigenvalue weighted by Gasteiger charge is 1.96. The van der Waals surface area contributed by atoms with Gasteiger partial charge in [0, 0.05) is 0 Å². The van der Waals surface area contributed by atoms with Gasteiger partial charge in [0.2, 0.25) is 0 Å². The maximum Gasteiger partial charge on any atom is 0.252 e. The summed E-state index contributed by atoms with van der Waals surface area (Å²) in [5, 5.41) is 0. The minimum Gasteiger partial charge on any atom is -0.242 e. The zero-order valence-corrected chi connectivity index (χ0v) is 3.81. The second kappa shape index (κ2) is 1.81. The van der Waals surface area contributed by atoms with E-state index in [0.29, 0.717) is 0 Å². The van der Waals surface area contributed by atoms with Gasteiger partial charge >= 0.3 is 0 Å². The SMILES string of the molecule is Fc1cncnc1F. The lowest BCUT2D eigenvalue weighted by Crippen LogP contribution is -1.87. The van der Waals surface area contributed by atoms with Crippen LogP contribution < -0.4 is 0 Å². The first-order chi connectivity index (χ1) is 3.80. The van der Waals surface area contributed by atoms with Crippen molar-refractivity contribution in [3.05, 3.63) is 24.3 Å². The normalized spacial score (nSPS) is 9.25. The van der Waals surface area contributed by atoms with Crippen LogP contribution in [-0.2, 0) is 0 Å². The largest absolute Gasteiger partial charge is 0.252 e. The van der Waals surface area contributed by atoms with Crippen LogP contribution in [0.15, 0.2) is 12.5 Å². The van der Waals surface area contributed by atoms with Gasteiger partial charge in [-0.25, -0.2) is 14.4 Å². The van der Waals surface area contributed by atoms with Crippen molar-refractivity contribution in [3.8, 4) is 0 Å². The third-order valence-electron chi connectivity index (χ3n) is 0.623. The van der Waals surface area contributed by atoms with Crippen LogP contribution in [0.2, 0.25) is 0 Å². The molecule has 1 aromatic heterocycles. The first kappa shape index (κ1) is 5.08. The van der Waals surface area contributed by atoms with Crippen LogP contribution in [0.1, 0.15) is 0 Å². The number of nitrogens with zero attached hydrogens (tertiary/aromatic N) is 2. The van der Waals surface area contributed by atoms with Crippen molar-refractivity contribution >= 4 is 0 Å². The summed E-state index contributed by atoms with van der Waals surface area (Å²) in [6.07, 6.45) is 1.71. The predicted octanol–water partition coefficient (Wildman–Crippen LogP) is 0.755. The van der Waals surface area contributed by atoms with Gasteiger partial charge in [-0.2, -0.15) is 4.39 Å². The van der Waals surface area contributed by atoms with Gasteiger partial charge in [0.05, 0.1) is 6.20 Å². The van der Waals surface area contributed by atoms with Crippen LogP contribution >= 0.6 is 0 Å². The smallest absolute Gasteiger partial charge is 0.242 e. The fourth-order valence-electron chi connectivity index (χ4n) is 0.298. The highest BCUT2D eigenvalue weighted by atomic mass is 19.2. The molecular formula is C4H2F2N2. The van der Waals surface area contributed by atoms with Crippen LogP contribution in [0, 0.1) is 11.8 Å². The van der Waals surface area contributed by atoms with Gasteiger partial charge in [-0.05, 0) is 0 Å². The van der Waals surface area contributed by atoms with Crippen molar-refractivity contribution in [3.63, 3.8) is 0 Å².